The Morgan fingerprint density at radius 2 is 1.74 bits per heavy atom. The predicted molar refractivity (Wildman–Crippen MR) is 77.1 cm³/mol. The van der Waals surface area contributed by atoms with E-state index in [0.29, 0.717) is 6.42 Å². The van der Waals surface area contributed by atoms with Gasteiger partial charge in [-0.1, -0.05) is 30.3 Å². The van der Waals surface area contributed by atoms with E-state index in [-0.39, 0.29) is 0 Å². The Morgan fingerprint density at radius 3 is 2.32 bits per heavy atom. The average Bonchev–Trinajstić information content (AvgIpc) is 2.45. The molecule has 0 aromatic heterocycles. The van der Waals surface area contributed by atoms with E-state index in [1.165, 1.54) is 16.7 Å². The second-order valence-corrected chi connectivity index (χ2v) is 4.54. The molecule has 2 heteroatoms. The maximum atomic E-state index is 8.58. The van der Waals surface area contributed by atoms with Crippen molar-refractivity contribution in [2.24, 2.45) is 0 Å². The third-order valence-corrected chi connectivity index (χ3v) is 3.21. The van der Waals surface area contributed by atoms with Gasteiger partial charge < -0.3 is 4.74 Å². The zero-order valence-electron chi connectivity index (χ0n) is 11.3. The molecule has 96 valence electrons. The van der Waals surface area contributed by atoms with Gasteiger partial charge in [-0.05, 0) is 47.7 Å². The number of nitrogens with zero attached hydrogens (tertiary/aromatic N) is 1. The van der Waals surface area contributed by atoms with Crippen LogP contribution in [-0.2, 0) is 6.42 Å². The van der Waals surface area contributed by atoms with Gasteiger partial charge in [0.1, 0.15) is 5.75 Å². The maximum Gasteiger partial charge on any atom is 0.121 e. The lowest BCUT2D eigenvalue weighted by Gasteiger charge is -2.08. The third-order valence-electron chi connectivity index (χ3n) is 3.21. The predicted octanol–water partition coefficient (Wildman–Crippen LogP) is 4.13. The normalized spacial score (nSPS) is 9.95. The number of nitriles is 1. The second-order valence-electron chi connectivity index (χ2n) is 4.54. The first-order chi connectivity index (χ1) is 9.24. The SMILES string of the molecule is COc1ccc(-c2ccc(CCC#N)cc2)cc1C. The lowest BCUT2D eigenvalue weighted by Crippen LogP contribution is -1.88. The molecule has 2 aromatic carbocycles. The summed E-state index contributed by atoms with van der Waals surface area (Å²) in [6.07, 6.45) is 1.39. The van der Waals surface area contributed by atoms with Gasteiger partial charge in [0.25, 0.3) is 0 Å². The summed E-state index contributed by atoms with van der Waals surface area (Å²) in [6, 6.07) is 16.7. The summed E-state index contributed by atoms with van der Waals surface area (Å²) < 4.78 is 5.27. The highest BCUT2D eigenvalue weighted by Crippen LogP contribution is 2.26. The minimum absolute atomic E-state index is 0.570. The van der Waals surface area contributed by atoms with Gasteiger partial charge in [-0.2, -0.15) is 5.26 Å². The summed E-state index contributed by atoms with van der Waals surface area (Å²) in [7, 11) is 1.69. The molecule has 0 amide bonds. The molecule has 0 radical (unpaired) electrons. The van der Waals surface area contributed by atoms with Crippen LogP contribution in [0.15, 0.2) is 42.5 Å². The van der Waals surface area contributed by atoms with Crippen molar-refractivity contribution in [3.05, 3.63) is 53.6 Å². The smallest absolute Gasteiger partial charge is 0.121 e. The lowest BCUT2D eigenvalue weighted by molar-refractivity contribution is 0.412. The van der Waals surface area contributed by atoms with Crippen LogP contribution in [0.25, 0.3) is 11.1 Å². The Labute approximate surface area is 114 Å². The topological polar surface area (TPSA) is 33.0 Å². The molecule has 0 aliphatic carbocycles. The fourth-order valence-electron chi connectivity index (χ4n) is 2.12. The first-order valence-electron chi connectivity index (χ1n) is 6.35. The van der Waals surface area contributed by atoms with Crippen molar-refractivity contribution < 1.29 is 4.74 Å². The average molecular weight is 251 g/mol. The monoisotopic (exact) mass is 251 g/mol. The second kappa shape index (κ2) is 6.06. The molecule has 19 heavy (non-hydrogen) atoms. The molecule has 0 fully saturated rings. The van der Waals surface area contributed by atoms with Crippen molar-refractivity contribution in [2.45, 2.75) is 19.8 Å². The van der Waals surface area contributed by atoms with Crippen LogP contribution < -0.4 is 4.74 Å². The number of aryl methyl sites for hydroxylation is 2. The summed E-state index contributed by atoms with van der Waals surface area (Å²) in [4.78, 5) is 0. The van der Waals surface area contributed by atoms with Gasteiger partial charge in [0.15, 0.2) is 0 Å². The van der Waals surface area contributed by atoms with Crippen LogP contribution in [0.2, 0.25) is 0 Å². The Morgan fingerprint density at radius 1 is 1.05 bits per heavy atom. The van der Waals surface area contributed by atoms with Gasteiger partial charge in [-0.3, -0.25) is 0 Å². The Kier molecular flexibility index (Phi) is 4.20. The summed E-state index contributed by atoms with van der Waals surface area (Å²) in [6.45, 7) is 2.05. The van der Waals surface area contributed by atoms with Crippen molar-refractivity contribution >= 4 is 0 Å². The van der Waals surface area contributed by atoms with Crippen LogP contribution in [-0.4, -0.2) is 7.11 Å². The highest BCUT2D eigenvalue weighted by Gasteiger charge is 2.02. The molecule has 2 nitrogen and oxygen atoms in total. The molecule has 2 rings (SSSR count). The van der Waals surface area contributed by atoms with Crippen LogP contribution in [0.4, 0.5) is 0 Å². The first kappa shape index (κ1) is 13.2. The largest absolute Gasteiger partial charge is 0.496 e. The van der Waals surface area contributed by atoms with Crippen molar-refractivity contribution in [2.75, 3.05) is 7.11 Å². The fourth-order valence-corrected chi connectivity index (χ4v) is 2.12. The third kappa shape index (κ3) is 3.14. The number of rotatable bonds is 4. The number of hydrogen-bond acceptors (Lipinski definition) is 2. The molecule has 0 aliphatic heterocycles. The van der Waals surface area contributed by atoms with E-state index in [0.717, 1.165) is 17.7 Å². The Balaban J connectivity index is 2.22. The summed E-state index contributed by atoms with van der Waals surface area (Å²) >= 11 is 0. The number of methoxy groups -OCH3 is 1. The molecule has 0 saturated heterocycles. The summed E-state index contributed by atoms with van der Waals surface area (Å²) in [5.41, 5.74) is 4.71. The van der Waals surface area contributed by atoms with Crippen molar-refractivity contribution in [3.8, 4) is 22.9 Å². The van der Waals surface area contributed by atoms with Crippen molar-refractivity contribution in [3.63, 3.8) is 0 Å². The highest BCUT2D eigenvalue weighted by atomic mass is 16.5. The first-order valence-corrected chi connectivity index (χ1v) is 6.35. The van der Waals surface area contributed by atoms with Gasteiger partial charge in [-0.25, -0.2) is 0 Å². The minimum atomic E-state index is 0.570. The molecule has 0 spiro atoms. The fraction of sp³-hybridized carbons (Fsp3) is 0.235. The highest BCUT2D eigenvalue weighted by molar-refractivity contribution is 5.65. The van der Waals surface area contributed by atoms with E-state index in [1.807, 2.05) is 13.0 Å². The van der Waals surface area contributed by atoms with Crippen LogP contribution in [0.5, 0.6) is 5.75 Å². The van der Waals surface area contributed by atoms with Gasteiger partial charge in [0, 0.05) is 6.42 Å². The van der Waals surface area contributed by atoms with Crippen LogP contribution in [0.1, 0.15) is 17.5 Å². The van der Waals surface area contributed by atoms with E-state index in [4.69, 9.17) is 10.00 Å². The van der Waals surface area contributed by atoms with Gasteiger partial charge in [0.05, 0.1) is 13.2 Å². The van der Waals surface area contributed by atoms with Crippen molar-refractivity contribution in [1.82, 2.24) is 0 Å². The minimum Gasteiger partial charge on any atom is -0.496 e. The van der Waals surface area contributed by atoms with Gasteiger partial charge >= 0.3 is 0 Å². The maximum absolute atomic E-state index is 8.58. The summed E-state index contributed by atoms with van der Waals surface area (Å²) in [5.74, 6) is 0.911. The molecule has 0 unspecified atom stereocenters. The van der Waals surface area contributed by atoms with E-state index in [9.17, 15) is 0 Å². The molecule has 0 atom stereocenters. The number of benzene rings is 2. The lowest BCUT2D eigenvalue weighted by atomic mass is 10.0. The van der Waals surface area contributed by atoms with E-state index >= 15 is 0 Å². The molecular formula is C17H17NO. The molecule has 0 N–H and O–H groups in total. The zero-order valence-corrected chi connectivity index (χ0v) is 11.3. The van der Waals surface area contributed by atoms with E-state index in [2.05, 4.69) is 42.5 Å². The Bertz CT molecular complexity index is 594. The number of ether oxygens (including phenoxy) is 1. The molecule has 0 heterocycles. The molecule has 0 aliphatic rings. The van der Waals surface area contributed by atoms with Gasteiger partial charge in [0.2, 0.25) is 0 Å². The van der Waals surface area contributed by atoms with E-state index < -0.39 is 0 Å². The molecule has 0 bridgehead atoms. The summed E-state index contributed by atoms with van der Waals surface area (Å²) in [5, 5.41) is 8.58. The van der Waals surface area contributed by atoms with E-state index in [1.54, 1.807) is 7.11 Å². The van der Waals surface area contributed by atoms with Crippen LogP contribution >= 0.6 is 0 Å². The molecule has 2 aromatic rings. The van der Waals surface area contributed by atoms with Crippen LogP contribution in [0.3, 0.4) is 0 Å². The number of hydrogen-bond donors (Lipinski definition) is 0. The van der Waals surface area contributed by atoms with Gasteiger partial charge in [-0.15, -0.1) is 0 Å². The van der Waals surface area contributed by atoms with Crippen molar-refractivity contribution in [1.29, 1.82) is 5.26 Å². The molecule has 0 saturated carbocycles. The van der Waals surface area contributed by atoms with Crippen LogP contribution in [0, 0.1) is 18.3 Å². The molecular weight excluding hydrogens is 234 g/mol. The standard InChI is InChI=1S/C17H17NO/c1-13-12-16(9-10-17(13)19-2)15-7-5-14(6-8-15)4-3-11-18/h5-10,12H,3-4H2,1-2H3. The Hall–Kier alpha value is -2.27. The zero-order chi connectivity index (χ0) is 13.7. The quantitative estimate of drug-likeness (QED) is 0.818.